The average molecular weight is 737 g/mol. The number of carbonyl (C=O) groups excluding carboxylic acids is 2. The van der Waals surface area contributed by atoms with E-state index in [1.165, 1.54) is 83.5 Å². The van der Waals surface area contributed by atoms with Crippen LogP contribution in [0.25, 0.3) is 0 Å². The highest BCUT2D eigenvalue weighted by Crippen LogP contribution is 2.13. The number of hydrogen-bond donors (Lipinski definition) is 0. The zero-order valence-electron chi connectivity index (χ0n) is 32.6. The van der Waals surface area contributed by atoms with Crippen LogP contribution >= 0.6 is 0 Å². The van der Waals surface area contributed by atoms with E-state index in [-0.39, 0.29) is 25.0 Å². The zero-order valence-corrected chi connectivity index (χ0v) is 32.6. The first-order valence-electron chi connectivity index (χ1n) is 20.1. The second-order valence-corrected chi connectivity index (χ2v) is 12.4. The van der Waals surface area contributed by atoms with Gasteiger partial charge in [0.15, 0.2) is 0 Å². The number of carbonyl (C=O) groups is 2. The Labute approximate surface area is 310 Å². The molecule has 0 aliphatic carbocycles. The van der Waals surface area contributed by atoms with Gasteiger partial charge in [-0.25, -0.2) is 0 Å². The van der Waals surface area contributed by atoms with Crippen LogP contribution in [0.1, 0.15) is 123 Å². The Kier molecular flexibility index (Phi) is 43.6. The fourth-order valence-electron chi connectivity index (χ4n) is 4.96. The highest BCUT2D eigenvalue weighted by Gasteiger charge is 2.03. The fourth-order valence-corrected chi connectivity index (χ4v) is 4.96. The molecule has 0 saturated heterocycles. The van der Waals surface area contributed by atoms with Crippen molar-refractivity contribution in [2.45, 2.75) is 123 Å². The molecule has 0 rings (SSSR count). The summed E-state index contributed by atoms with van der Waals surface area (Å²) in [6, 6.07) is 0. The van der Waals surface area contributed by atoms with Crippen molar-refractivity contribution in [1.82, 2.24) is 0 Å². The molecule has 0 bridgehead atoms. The van der Waals surface area contributed by atoms with Crippen molar-refractivity contribution >= 4 is 11.9 Å². The summed E-state index contributed by atoms with van der Waals surface area (Å²) < 4.78 is 53.6. The van der Waals surface area contributed by atoms with Crippen molar-refractivity contribution in [3.8, 4) is 0 Å². The smallest absolute Gasteiger partial charge is 0.308 e. The van der Waals surface area contributed by atoms with Crippen molar-refractivity contribution < 1.29 is 57.0 Å². The number of hydrogen-bond acceptors (Lipinski definition) is 12. The van der Waals surface area contributed by atoms with E-state index >= 15 is 0 Å². The van der Waals surface area contributed by atoms with Gasteiger partial charge in [-0.05, 0) is 13.3 Å². The van der Waals surface area contributed by atoms with Gasteiger partial charge in [0.2, 0.25) is 0 Å². The molecule has 51 heavy (non-hydrogen) atoms. The van der Waals surface area contributed by atoms with Crippen LogP contribution in [0, 0.1) is 0 Å². The Balaban J connectivity index is 3.15. The average Bonchev–Trinajstić information content (AvgIpc) is 3.13. The largest absolute Gasteiger partial charge is 0.466 e. The molecule has 0 amide bonds. The molecular weight excluding hydrogens is 660 g/mol. The number of esters is 2. The number of unbranched alkanes of at least 4 members (excludes halogenated alkanes) is 14. The third-order valence-corrected chi connectivity index (χ3v) is 7.84. The van der Waals surface area contributed by atoms with Crippen LogP contribution in [-0.4, -0.2) is 131 Å². The molecule has 0 heterocycles. The SMILES string of the molecule is CCCCCCCCCCCCCCCCCC(=O)OCCOCCOCCOCCOCCOCCOCCOCCOCCC(=O)OCC. The number of ether oxygens (including phenoxy) is 10. The van der Waals surface area contributed by atoms with E-state index in [1.807, 2.05) is 0 Å². The first-order valence-corrected chi connectivity index (χ1v) is 20.1. The maximum absolute atomic E-state index is 11.9. The molecule has 0 saturated carbocycles. The van der Waals surface area contributed by atoms with Gasteiger partial charge in [-0.15, -0.1) is 0 Å². The molecule has 0 aliphatic heterocycles. The fraction of sp³-hybridized carbons (Fsp3) is 0.949. The minimum Gasteiger partial charge on any atom is -0.466 e. The summed E-state index contributed by atoms with van der Waals surface area (Å²) in [7, 11) is 0. The normalized spacial score (nSPS) is 11.3. The first kappa shape index (κ1) is 49.6. The molecule has 304 valence electrons. The van der Waals surface area contributed by atoms with Gasteiger partial charge in [-0.2, -0.15) is 0 Å². The van der Waals surface area contributed by atoms with Crippen LogP contribution in [-0.2, 0) is 57.0 Å². The Morgan fingerprint density at radius 3 is 0.902 bits per heavy atom. The van der Waals surface area contributed by atoms with E-state index in [0.717, 1.165) is 12.8 Å². The lowest BCUT2D eigenvalue weighted by atomic mass is 10.0. The molecule has 0 spiro atoms. The summed E-state index contributed by atoms with van der Waals surface area (Å²) >= 11 is 0. The molecule has 0 aromatic heterocycles. The van der Waals surface area contributed by atoms with Gasteiger partial charge in [-0.1, -0.05) is 96.8 Å². The van der Waals surface area contributed by atoms with Gasteiger partial charge in [0, 0.05) is 6.42 Å². The zero-order chi connectivity index (χ0) is 37.0. The lowest BCUT2D eigenvalue weighted by Crippen LogP contribution is -2.15. The van der Waals surface area contributed by atoms with Gasteiger partial charge >= 0.3 is 11.9 Å². The van der Waals surface area contributed by atoms with Gasteiger partial charge < -0.3 is 47.4 Å². The summed E-state index contributed by atoms with van der Waals surface area (Å²) in [5.41, 5.74) is 0. The molecule has 0 aliphatic rings. The Morgan fingerprint density at radius 2 is 0.569 bits per heavy atom. The highest BCUT2D eigenvalue weighted by atomic mass is 16.6. The summed E-state index contributed by atoms with van der Waals surface area (Å²) in [4.78, 5) is 23.0. The van der Waals surface area contributed by atoms with Crippen LogP contribution in [0.15, 0.2) is 0 Å². The van der Waals surface area contributed by atoms with Gasteiger partial charge in [0.05, 0.1) is 119 Å². The first-order chi connectivity index (χ1) is 25.2. The third-order valence-electron chi connectivity index (χ3n) is 7.84. The molecule has 0 aromatic rings. The molecule has 0 N–H and O–H groups in total. The van der Waals surface area contributed by atoms with Crippen molar-refractivity contribution in [2.75, 3.05) is 119 Å². The molecule has 0 radical (unpaired) electrons. The van der Waals surface area contributed by atoms with Crippen molar-refractivity contribution in [3.05, 3.63) is 0 Å². The minimum absolute atomic E-state index is 0.133. The second-order valence-electron chi connectivity index (χ2n) is 12.4. The Morgan fingerprint density at radius 1 is 0.294 bits per heavy atom. The molecule has 0 aromatic carbocycles. The molecule has 0 atom stereocenters. The summed E-state index contributed by atoms with van der Waals surface area (Å²) in [6.45, 7) is 12.1. The van der Waals surface area contributed by atoms with Gasteiger partial charge in [-0.3, -0.25) is 9.59 Å². The van der Waals surface area contributed by atoms with Crippen LogP contribution in [0.3, 0.4) is 0 Å². The van der Waals surface area contributed by atoms with E-state index in [1.54, 1.807) is 6.92 Å². The Bertz CT molecular complexity index is 697. The number of rotatable bonds is 44. The summed E-state index contributed by atoms with van der Waals surface area (Å²) in [5.74, 6) is -0.384. The standard InChI is InChI=1S/C39H76O12/c1-3-5-6-7-8-9-10-11-12-13-14-15-16-17-18-19-38(40)51-37-36-49-35-34-48-33-32-47-31-30-46-29-28-45-27-26-44-25-24-43-23-22-42-21-20-39(41)50-4-2/h3-37H2,1-2H3. The van der Waals surface area contributed by atoms with Crippen molar-refractivity contribution in [2.24, 2.45) is 0 Å². The van der Waals surface area contributed by atoms with E-state index in [4.69, 9.17) is 47.4 Å². The van der Waals surface area contributed by atoms with Crippen LogP contribution < -0.4 is 0 Å². The lowest BCUT2D eigenvalue weighted by molar-refractivity contribution is -0.146. The topological polar surface area (TPSA) is 126 Å². The minimum atomic E-state index is -0.251. The molecule has 12 heteroatoms. The predicted molar refractivity (Wildman–Crippen MR) is 198 cm³/mol. The summed E-state index contributed by atoms with van der Waals surface area (Å²) in [5, 5.41) is 0. The molecule has 0 fully saturated rings. The van der Waals surface area contributed by atoms with E-state index in [0.29, 0.717) is 119 Å². The summed E-state index contributed by atoms with van der Waals surface area (Å²) in [6.07, 6.45) is 20.5. The maximum atomic E-state index is 11.9. The van der Waals surface area contributed by atoms with Crippen LogP contribution in [0.2, 0.25) is 0 Å². The van der Waals surface area contributed by atoms with Crippen LogP contribution in [0.4, 0.5) is 0 Å². The van der Waals surface area contributed by atoms with Crippen molar-refractivity contribution in [3.63, 3.8) is 0 Å². The lowest BCUT2D eigenvalue weighted by Gasteiger charge is -2.09. The van der Waals surface area contributed by atoms with E-state index in [9.17, 15) is 9.59 Å². The van der Waals surface area contributed by atoms with E-state index in [2.05, 4.69) is 6.92 Å². The van der Waals surface area contributed by atoms with Gasteiger partial charge in [0.25, 0.3) is 0 Å². The predicted octanol–water partition coefficient (Wildman–Crippen LogP) is 6.88. The molecule has 0 unspecified atom stereocenters. The molecular formula is C39H76O12. The second kappa shape index (κ2) is 44.8. The van der Waals surface area contributed by atoms with Crippen LogP contribution in [0.5, 0.6) is 0 Å². The quantitative estimate of drug-likeness (QED) is 0.0478. The third kappa shape index (κ3) is 44.7. The Hall–Kier alpha value is -1.38. The highest BCUT2D eigenvalue weighted by molar-refractivity contribution is 5.69. The van der Waals surface area contributed by atoms with Gasteiger partial charge in [0.1, 0.15) is 6.61 Å². The molecule has 12 nitrogen and oxygen atoms in total. The monoisotopic (exact) mass is 737 g/mol. The van der Waals surface area contributed by atoms with Crippen molar-refractivity contribution in [1.29, 1.82) is 0 Å². The van der Waals surface area contributed by atoms with E-state index < -0.39 is 0 Å². The maximum Gasteiger partial charge on any atom is 0.308 e.